The van der Waals surface area contributed by atoms with Crippen LogP contribution in [0.3, 0.4) is 0 Å². The molecule has 1 unspecified atom stereocenters. The lowest BCUT2D eigenvalue weighted by molar-refractivity contribution is -0.163. The second-order valence-corrected chi connectivity index (χ2v) is 9.38. The highest BCUT2D eigenvalue weighted by Crippen LogP contribution is 2.17. The number of likely N-dealkylation sites (N-methyl/N-ethyl adjacent to an activating group) is 1. The monoisotopic (exact) mass is 451 g/mol. The molecule has 1 rings (SSSR count). The van der Waals surface area contributed by atoms with Crippen LogP contribution in [0, 0.1) is 11.8 Å². The van der Waals surface area contributed by atoms with E-state index in [4.69, 9.17) is 14.2 Å². The molecule has 0 radical (unpaired) electrons. The highest BCUT2D eigenvalue weighted by molar-refractivity contribution is 5.81. The minimum absolute atomic E-state index is 0.0421. The summed E-state index contributed by atoms with van der Waals surface area (Å²) in [5, 5.41) is 10.2. The van der Waals surface area contributed by atoms with Crippen molar-refractivity contribution in [2.75, 3.05) is 13.7 Å². The number of nitrogens with zero attached hydrogens (tertiary/aromatic N) is 1. The number of ether oxygens (including phenoxy) is 3. The van der Waals surface area contributed by atoms with Crippen molar-refractivity contribution in [3.63, 3.8) is 0 Å². The maximum Gasteiger partial charge on any atom is 0.410 e. The van der Waals surface area contributed by atoms with Crippen LogP contribution in [0.15, 0.2) is 30.3 Å². The Balaban J connectivity index is 2.65. The van der Waals surface area contributed by atoms with Crippen molar-refractivity contribution in [3.8, 4) is 0 Å². The molecule has 180 valence electrons. The fourth-order valence-corrected chi connectivity index (χ4v) is 2.77. The van der Waals surface area contributed by atoms with E-state index in [1.54, 1.807) is 39.8 Å². The zero-order valence-electron chi connectivity index (χ0n) is 20.2. The van der Waals surface area contributed by atoms with E-state index >= 15 is 0 Å². The molecule has 32 heavy (non-hydrogen) atoms. The molecular formula is C24H37NO7. The van der Waals surface area contributed by atoms with Gasteiger partial charge in [0.1, 0.15) is 18.2 Å². The fourth-order valence-electron chi connectivity index (χ4n) is 2.77. The molecule has 0 aliphatic carbocycles. The quantitative estimate of drug-likeness (QED) is 0.429. The summed E-state index contributed by atoms with van der Waals surface area (Å²) in [4.78, 5) is 38.5. The van der Waals surface area contributed by atoms with Crippen LogP contribution in [-0.2, 0) is 30.4 Å². The van der Waals surface area contributed by atoms with E-state index in [1.807, 2.05) is 32.0 Å². The summed E-state index contributed by atoms with van der Waals surface area (Å²) in [5.41, 5.74) is 0.102. The van der Waals surface area contributed by atoms with E-state index in [1.165, 1.54) is 11.9 Å². The minimum Gasteiger partial charge on any atom is -0.464 e. The lowest BCUT2D eigenvalue weighted by Crippen LogP contribution is -2.46. The number of aliphatic hydroxyl groups is 1. The van der Waals surface area contributed by atoms with Crippen molar-refractivity contribution in [2.24, 2.45) is 11.8 Å². The predicted octanol–water partition coefficient (Wildman–Crippen LogP) is 3.55. The van der Waals surface area contributed by atoms with Crippen LogP contribution in [-0.4, -0.2) is 59.4 Å². The Morgan fingerprint density at radius 2 is 1.59 bits per heavy atom. The molecule has 3 atom stereocenters. The molecule has 0 aromatic heterocycles. The minimum atomic E-state index is -1.45. The first kappa shape index (κ1) is 27.4. The maximum atomic E-state index is 12.7. The highest BCUT2D eigenvalue weighted by atomic mass is 16.6. The van der Waals surface area contributed by atoms with Gasteiger partial charge in [0.25, 0.3) is 0 Å². The highest BCUT2D eigenvalue weighted by Gasteiger charge is 2.33. The smallest absolute Gasteiger partial charge is 0.410 e. The van der Waals surface area contributed by atoms with Crippen molar-refractivity contribution in [3.05, 3.63) is 35.9 Å². The number of carbonyl (C=O) groups is 3. The third-order valence-electron chi connectivity index (χ3n) is 4.61. The molecule has 0 aliphatic heterocycles. The molecule has 0 aliphatic rings. The van der Waals surface area contributed by atoms with Crippen LogP contribution in [0.1, 0.15) is 53.5 Å². The van der Waals surface area contributed by atoms with E-state index in [0.717, 1.165) is 5.56 Å². The van der Waals surface area contributed by atoms with Gasteiger partial charge < -0.3 is 19.3 Å². The average Bonchev–Trinajstić information content (AvgIpc) is 2.72. The van der Waals surface area contributed by atoms with Gasteiger partial charge in [-0.3, -0.25) is 4.90 Å². The lowest BCUT2D eigenvalue weighted by atomic mass is 10.0. The van der Waals surface area contributed by atoms with Crippen molar-refractivity contribution < 1.29 is 33.7 Å². The summed E-state index contributed by atoms with van der Waals surface area (Å²) in [5.74, 6) is -1.98. The first-order valence-electron chi connectivity index (χ1n) is 10.8. The summed E-state index contributed by atoms with van der Waals surface area (Å²) in [6, 6.07) is 8.26. The van der Waals surface area contributed by atoms with Crippen LogP contribution < -0.4 is 0 Å². The van der Waals surface area contributed by atoms with E-state index in [2.05, 4.69) is 0 Å². The topological polar surface area (TPSA) is 102 Å². The van der Waals surface area contributed by atoms with E-state index < -0.39 is 41.7 Å². The van der Waals surface area contributed by atoms with Crippen molar-refractivity contribution in [2.45, 2.75) is 72.3 Å². The average molecular weight is 452 g/mol. The van der Waals surface area contributed by atoms with Gasteiger partial charge in [0, 0.05) is 13.0 Å². The number of hydrogen-bond acceptors (Lipinski definition) is 7. The molecule has 0 spiro atoms. The Kier molecular flexibility index (Phi) is 10.7. The molecule has 0 heterocycles. The number of esters is 2. The number of carbonyl (C=O) groups excluding carboxylic acids is 3. The number of rotatable bonds is 10. The van der Waals surface area contributed by atoms with E-state index in [-0.39, 0.29) is 19.1 Å². The molecule has 0 fully saturated rings. The lowest BCUT2D eigenvalue weighted by Gasteiger charge is -2.30. The molecule has 8 nitrogen and oxygen atoms in total. The second kappa shape index (κ2) is 12.4. The largest absolute Gasteiger partial charge is 0.464 e. The molecule has 1 N–H and O–H groups in total. The van der Waals surface area contributed by atoms with Crippen LogP contribution in [0.4, 0.5) is 4.79 Å². The zero-order chi connectivity index (χ0) is 24.5. The Labute approximate surface area is 190 Å². The Hall–Kier alpha value is -2.61. The second-order valence-electron chi connectivity index (χ2n) is 9.38. The molecule has 0 saturated heterocycles. The molecule has 0 bridgehead atoms. The molecular weight excluding hydrogens is 414 g/mol. The summed E-state index contributed by atoms with van der Waals surface area (Å²) >= 11 is 0. The maximum absolute atomic E-state index is 12.7. The van der Waals surface area contributed by atoms with Gasteiger partial charge in [0.2, 0.25) is 0 Å². The van der Waals surface area contributed by atoms with Crippen molar-refractivity contribution in [1.29, 1.82) is 0 Å². The van der Waals surface area contributed by atoms with Crippen molar-refractivity contribution >= 4 is 18.0 Å². The van der Waals surface area contributed by atoms with Crippen LogP contribution in [0.2, 0.25) is 0 Å². The van der Waals surface area contributed by atoms with Gasteiger partial charge in [-0.1, -0.05) is 51.1 Å². The van der Waals surface area contributed by atoms with Gasteiger partial charge in [0.15, 0.2) is 6.10 Å². The predicted molar refractivity (Wildman–Crippen MR) is 120 cm³/mol. The molecule has 1 aromatic carbocycles. The third kappa shape index (κ3) is 9.68. The molecule has 1 amide bonds. The summed E-state index contributed by atoms with van der Waals surface area (Å²) in [6.07, 6.45) is -1.69. The van der Waals surface area contributed by atoms with Crippen LogP contribution in [0.25, 0.3) is 0 Å². The number of benzene rings is 1. The number of aliphatic hydroxyl groups excluding tert-OH is 1. The van der Waals surface area contributed by atoms with Gasteiger partial charge in [-0.05, 0) is 38.7 Å². The molecule has 8 heteroatoms. The first-order chi connectivity index (χ1) is 14.8. The standard InChI is InChI=1S/C24H37NO7/c1-16(2)13-19(25(7)23(29)32-24(4,5)6)21(27)30-14-17(3)20(26)22(28)31-15-18-11-9-8-10-12-18/h8-12,16-17,19-20,26H,13-15H2,1-7H3/t17?,19-,20-/m0/s1. The fraction of sp³-hybridized carbons (Fsp3) is 0.625. The van der Waals surface area contributed by atoms with Crippen molar-refractivity contribution in [1.82, 2.24) is 4.90 Å². The van der Waals surface area contributed by atoms with Gasteiger partial charge in [-0.2, -0.15) is 0 Å². The summed E-state index contributed by atoms with van der Waals surface area (Å²) < 4.78 is 15.8. The van der Waals surface area contributed by atoms with E-state index in [9.17, 15) is 19.5 Å². The number of amides is 1. The van der Waals surface area contributed by atoms with Crippen LogP contribution >= 0.6 is 0 Å². The van der Waals surface area contributed by atoms with Gasteiger partial charge in [0.05, 0.1) is 6.61 Å². The Morgan fingerprint density at radius 1 is 1.00 bits per heavy atom. The van der Waals surface area contributed by atoms with Gasteiger partial charge >= 0.3 is 18.0 Å². The van der Waals surface area contributed by atoms with Crippen LogP contribution in [0.5, 0.6) is 0 Å². The van der Waals surface area contributed by atoms with Gasteiger partial charge in [-0.25, -0.2) is 14.4 Å². The normalized spacial score (nSPS) is 14.3. The number of hydrogen-bond donors (Lipinski definition) is 1. The molecule has 1 aromatic rings. The summed E-state index contributed by atoms with van der Waals surface area (Å²) in [7, 11) is 1.49. The Bertz CT molecular complexity index is 742. The summed E-state index contributed by atoms with van der Waals surface area (Å²) in [6.45, 7) is 10.5. The first-order valence-corrected chi connectivity index (χ1v) is 10.8. The zero-order valence-corrected chi connectivity index (χ0v) is 20.2. The Morgan fingerprint density at radius 3 is 2.12 bits per heavy atom. The SMILES string of the molecule is CC(C)C[C@@H](C(=O)OCC(C)[C@H](O)C(=O)OCc1ccccc1)N(C)C(=O)OC(C)(C)C. The molecule has 0 saturated carbocycles. The third-order valence-corrected chi connectivity index (χ3v) is 4.61. The van der Waals surface area contributed by atoms with Gasteiger partial charge in [-0.15, -0.1) is 0 Å². The van der Waals surface area contributed by atoms with E-state index in [0.29, 0.717) is 6.42 Å².